The molecule has 0 bridgehead atoms. The Morgan fingerprint density at radius 1 is 1.54 bits per heavy atom. The first-order valence-corrected chi connectivity index (χ1v) is 4.46. The van der Waals surface area contributed by atoms with Gasteiger partial charge in [-0.15, -0.1) is 0 Å². The summed E-state index contributed by atoms with van der Waals surface area (Å²) in [5, 5.41) is 8.71. The van der Waals surface area contributed by atoms with E-state index in [1.807, 2.05) is 6.07 Å². The smallest absolute Gasteiger partial charge is 0.101 e. The molecular weight excluding hydrogens is 160 g/mol. The number of nitriles is 1. The zero-order valence-electron chi connectivity index (χ0n) is 7.12. The zero-order valence-corrected chi connectivity index (χ0v) is 7.12. The molecule has 0 amide bonds. The van der Waals surface area contributed by atoms with Crippen LogP contribution in [-0.2, 0) is 6.42 Å². The fraction of sp³-hybridized carbons (Fsp3) is 0.273. The van der Waals surface area contributed by atoms with Crippen molar-refractivity contribution in [1.82, 2.24) is 4.98 Å². The Morgan fingerprint density at radius 2 is 2.46 bits per heavy atom. The van der Waals surface area contributed by atoms with Gasteiger partial charge in [-0.3, -0.25) is 4.98 Å². The molecule has 2 heteroatoms. The second kappa shape index (κ2) is 2.20. The van der Waals surface area contributed by atoms with E-state index in [9.17, 15) is 0 Å². The molecular formula is C11H8N2. The first-order chi connectivity index (χ1) is 6.38. The molecule has 0 N–H and O–H groups in total. The second-order valence-electron chi connectivity index (χ2n) is 3.62. The molecule has 2 nitrogen and oxygen atoms in total. The van der Waals surface area contributed by atoms with Crippen molar-refractivity contribution in [2.24, 2.45) is 0 Å². The normalized spacial score (nSPS) is 22.4. The Labute approximate surface area is 76.5 Å². The summed E-state index contributed by atoms with van der Waals surface area (Å²) in [6.45, 7) is 0. The molecule has 0 spiro atoms. The van der Waals surface area contributed by atoms with Gasteiger partial charge in [-0.05, 0) is 24.5 Å². The van der Waals surface area contributed by atoms with Gasteiger partial charge in [0.2, 0.25) is 0 Å². The van der Waals surface area contributed by atoms with E-state index in [1.54, 1.807) is 6.20 Å². The monoisotopic (exact) mass is 168 g/mol. The number of pyridine rings is 1. The van der Waals surface area contributed by atoms with E-state index >= 15 is 0 Å². The lowest BCUT2D eigenvalue weighted by Gasteiger charge is -2.08. The standard InChI is InChI=1S/C11H8N2/c12-5-7-3-9-2-1-8-4-10(8)11(9)13-6-7/h1,3,6,10H,2,4H2. The molecule has 3 rings (SSSR count). The summed E-state index contributed by atoms with van der Waals surface area (Å²) in [6.07, 6.45) is 6.10. The predicted octanol–water partition coefficient (Wildman–Crippen LogP) is 1.92. The summed E-state index contributed by atoms with van der Waals surface area (Å²) in [4.78, 5) is 4.35. The highest BCUT2D eigenvalue weighted by atomic mass is 14.7. The van der Waals surface area contributed by atoms with Crippen LogP contribution in [0.3, 0.4) is 0 Å². The highest BCUT2D eigenvalue weighted by Gasteiger charge is 2.36. The van der Waals surface area contributed by atoms with Gasteiger partial charge in [0.1, 0.15) is 6.07 Å². The van der Waals surface area contributed by atoms with Crippen molar-refractivity contribution >= 4 is 0 Å². The van der Waals surface area contributed by atoms with E-state index in [2.05, 4.69) is 17.1 Å². The van der Waals surface area contributed by atoms with Crippen molar-refractivity contribution in [3.8, 4) is 6.07 Å². The molecule has 1 heterocycles. The molecule has 2 aliphatic rings. The molecule has 1 atom stereocenters. The molecule has 0 aromatic carbocycles. The molecule has 1 saturated carbocycles. The molecule has 1 aromatic heterocycles. The van der Waals surface area contributed by atoms with Crippen LogP contribution >= 0.6 is 0 Å². The van der Waals surface area contributed by atoms with Gasteiger partial charge in [-0.2, -0.15) is 5.26 Å². The van der Waals surface area contributed by atoms with E-state index in [1.165, 1.54) is 23.3 Å². The summed E-state index contributed by atoms with van der Waals surface area (Å²) in [5.74, 6) is 0.594. The van der Waals surface area contributed by atoms with E-state index in [-0.39, 0.29) is 0 Å². The maximum atomic E-state index is 8.71. The van der Waals surface area contributed by atoms with Crippen LogP contribution in [0.5, 0.6) is 0 Å². The summed E-state index contributed by atoms with van der Waals surface area (Å²) < 4.78 is 0. The average Bonchev–Trinajstić information content (AvgIpc) is 2.95. The maximum absolute atomic E-state index is 8.71. The zero-order chi connectivity index (χ0) is 8.84. The van der Waals surface area contributed by atoms with Crippen molar-refractivity contribution in [1.29, 1.82) is 5.26 Å². The van der Waals surface area contributed by atoms with Crippen molar-refractivity contribution in [3.05, 3.63) is 40.7 Å². The van der Waals surface area contributed by atoms with Crippen LogP contribution in [-0.4, -0.2) is 4.98 Å². The summed E-state index contributed by atoms with van der Waals surface area (Å²) in [5.41, 5.74) is 4.66. The highest BCUT2D eigenvalue weighted by molar-refractivity contribution is 5.48. The summed E-state index contributed by atoms with van der Waals surface area (Å²) in [7, 11) is 0. The Kier molecular flexibility index (Phi) is 1.16. The quantitative estimate of drug-likeness (QED) is 0.555. The van der Waals surface area contributed by atoms with Crippen molar-refractivity contribution in [2.75, 3.05) is 0 Å². The molecule has 62 valence electrons. The van der Waals surface area contributed by atoms with E-state index < -0.39 is 0 Å². The van der Waals surface area contributed by atoms with Crippen LogP contribution in [0.4, 0.5) is 0 Å². The van der Waals surface area contributed by atoms with Gasteiger partial charge < -0.3 is 0 Å². The molecule has 1 fully saturated rings. The van der Waals surface area contributed by atoms with Crippen molar-refractivity contribution < 1.29 is 0 Å². The lowest BCUT2D eigenvalue weighted by molar-refractivity contribution is 0.972. The fourth-order valence-electron chi connectivity index (χ4n) is 1.98. The van der Waals surface area contributed by atoms with Crippen LogP contribution in [0.2, 0.25) is 0 Å². The van der Waals surface area contributed by atoms with Crippen molar-refractivity contribution in [2.45, 2.75) is 18.8 Å². The highest BCUT2D eigenvalue weighted by Crippen LogP contribution is 2.49. The first kappa shape index (κ1) is 6.85. The van der Waals surface area contributed by atoms with Crippen LogP contribution in [0.15, 0.2) is 23.9 Å². The van der Waals surface area contributed by atoms with Gasteiger partial charge in [0, 0.05) is 12.1 Å². The number of hydrogen-bond acceptors (Lipinski definition) is 2. The molecule has 1 aromatic rings. The molecule has 0 aliphatic heterocycles. The van der Waals surface area contributed by atoms with E-state index in [0.717, 1.165) is 6.42 Å². The summed E-state index contributed by atoms with van der Waals surface area (Å²) >= 11 is 0. The van der Waals surface area contributed by atoms with Crippen LogP contribution in [0, 0.1) is 11.3 Å². The first-order valence-electron chi connectivity index (χ1n) is 4.46. The molecule has 2 aliphatic carbocycles. The van der Waals surface area contributed by atoms with Gasteiger partial charge >= 0.3 is 0 Å². The minimum Gasteiger partial charge on any atom is -0.259 e. The third-order valence-electron chi connectivity index (χ3n) is 2.77. The number of fused-ring (bicyclic) bond motifs is 3. The number of aromatic nitrogens is 1. The SMILES string of the molecule is N#Cc1cnc2c(c1)CC=C1CC12. The Hall–Kier alpha value is -1.62. The average molecular weight is 168 g/mol. The largest absolute Gasteiger partial charge is 0.259 e. The predicted molar refractivity (Wildman–Crippen MR) is 48.1 cm³/mol. The molecule has 0 saturated heterocycles. The van der Waals surface area contributed by atoms with Gasteiger partial charge in [-0.25, -0.2) is 0 Å². The lowest BCUT2D eigenvalue weighted by atomic mass is 10.0. The van der Waals surface area contributed by atoms with E-state index in [0.29, 0.717) is 11.5 Å². The van der Waals surface area contributed by atoms with Crippen LogP contribution in [0.1, 0.15) is 29.2 Å². The third-order valence-corrected chi connectivity index (χ3v) is 2.77. The molecule has 0 radical (unpaired) electrons. The Bertz CT molecular complexity index is 452. The number of nitrogens with zero attached hydrogens (tertiary/aromatic N) is 2. The molecule has 13 heavy (non-hydrogen) atoms. The fourth-order valence-corrected chi connectivity index (χ4v) is 1.98. The third kappa shape index (κ3) is 0.905. The Morgan fingerprint density at radius 3 is 3.31 bits per heavy atom. The van der Waals surface area contributed by atoms with Gasteiger partial charge in [-0.1, -0.05) is 11.6 Å². The number of hydrogen-bond donors (Lipinski definition) is 0. The number of rotatable bonds is 0. The van der Waals surface area contributed by atoms with Gasteiger partial charge in [0.15, 0.2) is 0 Å². The second-order valence-corrected chi connectivity index (χ2v) is 3.62. The van der Waals surface area contributed by atoms with Gasteiger partial charge in [0.05, 0.1) is 11.3 Å². The molecule has 1 unspecified atom stereocenters. The minimum absolute atomic E-state index is 0.594. The van der Waals surface area contributed by atoms with Gasteiger partial charge in [0.25, 0.3) is 0 Å². The lowest BCUT2D eigenvalue weighted by Crippen LogP contribution is -1.99. The number of allylic oxidation sites excluding steroid dienone is 2. The maximum Gasteiger partial charge on any atom is 0.101 e. The Balaban J connectivity index is 2.15. The topological polar surface area (TPSA) is 36.7 Å². The summed E-state index contributed by atoms with van der Waals surface area (Å²) in [6, 6.07) is 4.09. The van der Waals surface area contributed by atoms with Crippen LogP contribution < -0.4 is 0 Å². The minimum atomic E-state index is 0.594. The van der Waals surface area contributed by atoms with Crippen molar-refractivity contribution in [3.63, 3.8) is 0 Å². The van der Waals surface area contributed by atoms with Crippen LogP contribution in [0.25, 0.3) is 0 Å². The van der Waals surface area contributed by atoms with E-state index in [4.69, 9.17) is 5.26 Å².